The molecule has 23 heavy (non-hydrogen) atoms. The predicted molar refractivity (Wildman–Crippen MR) is 89.4 cm³/mol. The normalized spacial score (nSPS) is 10.8. The predicted octanol–water partition coefficient (Wildman–Crippen LogP) is 4.36. The van der Waals surface area contributed by atoms with Crippen LogP contribution in [0.3, 0.4) is 0 Å². The molecule has 0 aliphatic heterocycles. The van der Waals surface area contributed by atoms with E-state index in [0.29, 0.717) is 22.2 Å². The SMILES string of the molecule is COc1ncccc1NC(=O)c1oc2cc(C)c(Cl)cc2c1C. The van der Waals surface area contributed by atoms with Crippen molar-refractivity contribution in [3.8, 4) is 5.88 Å². The van der Waals surface area contributed by atoms with Crippen molar-refractivity contribution in [2.45, 2.75) is 13.8 Å². The van der Waals surface area contributed by atoms with Crippen molar-refractivity contribution in [1.29, 1.82) is 0 Å². The Bertz CT molecular complexity index is 902. The maximum atomic E-state index is 12.5. The van der Waals surface area contributed by atoms with E-state index in [1.165, 1.54) is 7.11 Å². The van der Waals surface area contributed by atoms with E-state index in [2.05, 4.69) is 10.3 Å². The van der Waals surface area contributed by atoms with E-state index < -0.39 is 0 Å². The van der Waals surface area contributed by atoms with Crippen molar-refractivity contribution in [3.05, 3.63) is 52.4 Å². The Kier molecular flexibility index (Phi) is 3.96. The summed E-state index contributed by atoms with van der Waals surface area (Å²) < 4.78 is 10.8. The maximum absolute atomic E-state index is 12.5. The molecule has 5 nitrogen and oxygen atoms in total. The average Bonchev–Trinajstić information content (AvgIpc) is 2.85. The van der Waals surface area contributed by atoms with Crippen LogP contribution in [0.2, 0.25) is 5.02 Å². The molecule has 6 heteroatoms. The molecule has 3 aromatic rings. The maximum Gasteiger partial charge on any atom is 0.291 e. The van der Waals surface area contributed by atoms with Gasteiger partial charge in [0, 0.05) is 22.2 Å². The first-order chi connectivity index (χ1) is 11.0. The Morgan fingerprint density at radius 3 is 2.87 bits per heavy atom. The fraction of sp³-hybridized carbons (Fsp3) is 0.176. The molecule has 118 valence electrons. The van der Waals surface area contributed by atoms with Gasteiger partial charge in [-0.05, 0) is 43.7 Å². The topological polar surface area (TPSA) is 64.4 Å². The van der Waals surface area contributed by atoms with Gasteiger partial charge in [-0.15, -0.1) is 0 Å². The molecule has 2 aromatic heterocycles. The number of fused-ring (bicyclic) bond motifs is 1. The highest BCUT2D eigenvalue weighted by Gasteiger charge is 2.20. The molecule has 1 N–H and O–H groups in total. The van der Waals surface area contributed by atoms with Crippen LogP contribution < -0.4 is 10.1 Å². The van der Waals surface area contributed by atoms with Gasteiger partial charge in [-0.2, -0.15) is 0 Å². The molecule has 0 fully saturated rings. The highest BCUT2D eigenvalue weighted by Crippen LogP contribution is 2.31. The molecule has 2 heterocycles. The minimum absolute atomic E-state index is 0.243. The van der Waals surface area contributed by atoms with Gasteiger partial charge in [0.15, 0.2) is 5.76 Å². The monoisotopic (exact) mass is 330 g/mol. The summed E-state index contributed by atoms with van der Waals surface area (Å²) in [6, 6.07) is 7.06. The van der Waals surface area contributed by atoms with Gasteiger partial charge in [0.05, 0.1) is 7.11 Å². The molecule has 1 amide bonds. The smallest absolute Gasteiger partial charge is 0.291 e. The summed E-state index contributed by atoms with van der Waals surface area (Å²) in [5.41, 5.74) is 2.75. The zero-order valence-electron chi connectivity index (χ0n) is 12.9. The fourth-order valence-corrected chi connectivity index (χ4v) is 2.55. The minimum Gasteiger partial charge on any atom is -0.480 e. The molecule has 3 rings (SSSR count). The van der Waals surface area contributed by atoms with Crippen LogP contribution in [-0.4, -0.2) is 18.0 Å². The number of benzene rings is 1. The molecule has 0 bridgehead atoms. The third-order valence-electron chi connectivity index (χ3n) is 3.64. The van der Waals surface area contributed by atoms with Gasteiger partial charge in [0.25, 0.3) is 5.91 Å². The number of aromatic nitrogens is 1. The van der Waals surface area contributed by atoms with E-state index in [1.807, 2.05) is 26.0 Å². The standard InChI is InChI=1S/C17H15ClN2O3/c1-9-7-14-11(8-12(9)18)10(2)15(23-14)16(21)20-13-5-4-6-19-17(13)22-3/h4-8H,1-3H3,(H,20,21). The summed E-state index contributed by atoms with van der Waals surface area (Å²) in [6.45, 7) is 3.72. The number of nitrogens with one attached hydrogen (secondary N) is 1. The first-order valence-electron chi connectivity index (χ1n) is 7.01. The van der Waals surface area contributed by atoms with Gasteiger partial charge in [0.2, 0.25) is 5.88 Å². The second kappa shape index (κ2) is 5.93. The summed E-state index contributed by atoms with van der Waals surface area (Å²) in [5, 5.41) is 4.22. The molecular formula is C17H15ClN2O3. The quantitative estimate of drug-likeness (QED) is 0.775. The number of aryl methyl sites for hydroxylation is 2. The van der Waals surface area contributed by atoms with Gasteiger partial charge in [-0.3, -0.25) is 4.79 Å². The highest BCUT2D eigenvalue weighted by atomic mass is 35.5. The van der Waals surface area contributed by atoms with Crippen LogP contribution in [0.1, 0.15) is 21.7 Å². The van der Waals surface area contributed by atoms with Crippen LogP contribution in [0.4, 0.5) is 5.69 Å². The summed E-state index contributed by atoms with van der Waals surface area (Å²) in [5.74, 6) is 0.222. The number of halogens is 1. The lowest BCUT2D eigenvalue weighted by molar-refractivity contribution is 0.0997. The van der Waals surface area contributed by atoms with Gasteiger partial charge in [0.1, 0.15) is 11.3 Å². The van der Waals surface area contributed by atoms with E-state index in [4.69, 9.17) is 20.8 Å². The van der Waals surface area contributed by atoms with Gasteiger partial charge >= 0.3 is 0 Å². The number of carbonyl (C=O) groups excluding carboxylic acids is 1. The second-order valence-electron chi connectivity index (χ2n) is 5.17. The number of methoxy groups -OCH3 is 1. The van der Waals surface area contributed by atoms with E-state index in [1.54, 1.807) is 18.3 Å². The first-order valence-corrected chi connectivity index (χ1v) is 7.38. The Labute approximate surface area is 138 Å². The van der Waals surface area contributed by atoms with Crippen LogP contribution in [-0.2, 0) is 0 Å². The summed E-state index contributed by atoms with van der Waals surface area (Å²) >= 11 is 6.15. The number of hydrogen-bond donors (Lipinski definition) is 1. The third-order valence-corrected chi connectivity index (χ3v) is 4.04. The van der Waals surface area contributed by atoms with E-state index >= 15 is 0 Å². The Balaban J connectivity index is 1.99. The molecule has 0 saturated heterocycles. The molecule has 0 aliphatic rings. The van der Waals surface area contributed by atoms with Crippen LogP contribution in [0.15, 0.2) is 34.9 Å². The van der Waals surface area contributed by atoms with Gasteiger partial charge < -0.3 is 14.5 Å². The van der Waals surface area contributed by atoms with E-state index in [9.17, 15) is 4.79 Å². The molecule has 0 saturated carbocycles. The molecule has 0 radical (unpaired) electrons. The van der Waals surface area contributed by atoms with E-state index in [0.717, 1.165) is 16.5 Å². The highest BCUT2D eigenvalue weighted by molar-refractivity contribution is 6.32. The lowest BCUT2D eigenvalue weighted by atomic mass is 10.1. The summed E-state index contributed by atoms with van der Waals surface area (Å²) in [7, 11) is 1.50. The number of hydrogen-bond acceptors (Lipinski definition) is 4. The minimum atomic E-state index is -0.362. The number of furan rings is 1. The van der Waals surface area contributed by atoms with Crippen LogP contribution in [0, 0.1) is 13.8 Å². The van der Waals surface area contributed by atoms with Crippen LogP contribution in [0.5, 0.6) is 5.88 Å². The fourth-order valence-electron chi connectivity index (χ4n) is 2.39. The molecule has 0 spiro atoms. The lowest BCUT2D eigenvalue weighted by Crippen LogP contribution is -2.13. The van der Waals surface area contributed by atoms with Crippen molar-refractivity contribution in [3.63, 3.8) is 0 Å². The summed E-state index contributed by atoms with van der Waals surface area (Å²) in [6.07, 6.45) is 1.59. The van der Waals surface area contributed by atoms with Gasteiger partial charge in [-0.25, -0.2) is 4.98 Å². The van der Waals surface area contributed by atoms with Crippen LogP contribution >= 0.6 is 11.6 Å². The van der Waals surface area contributed by atoms with Crippen molar-refractivity contribution >= 4 is 34.2 Å². The average molecular weight is 331 g/mol. The molecular weight excluding hydrogens is 316 g/mol. The number of carbonyl (C=O) groups is 1. The number of rotatable bonds is 3. The number of nitrogens with zero attached hydrogens (tertiary/aromatic N) is 1. The first kappa shape index (κ1) is 15.4. The van der Waals surface area contributed by atoms with Crippen LogP contribution in [0.25, 0.3) is 11.0 Å². The number of ether oxygens (including phenoxy) is 1. The van der Waals surface area contributed by atoms with E-state index in [-0.39, 0.29) is 11.7 Å². The lowest BCUT2D eigenvalue weighted by Gasteiger charge is -2.07. The zero-order chi connectivity index (χ0) is 16.6. The van der Waals surface area contributed by atoms with Crippen molar-refractivity contribution in [2.75, 3.05) is 12.4 Å². The second-order valence-corrected chi connectivity index (χ2v) is 5.58. The van der Waals surface area contributed by atoms with Crippen molar-refractivity contribution in [1.82, 2.24) is 4.98 Å². The number of anilines is 1. The Hall–Kier alpha value is -2.53. The molecule has 0 aliphatic carbocycles. The third kappa shape index (κ3) is 2.75. The van der Waals surface area contributed by atoms with Crippen molar-refractivity contribution < 1.29 is 13.9 Å². The Morgan fingerprint density at radius 1 is 1.35 bits per heavy atom. The summed E-state index contributed by atoms with van der Waals surface area (Å²) in [4.78, 5) is 16.6. The largest absolute Gasteiger partial charge is 0.480 e. The van der Waals surface area contributed by atoms with Crippen molar-refractivity contribution in [2.24, 2.45) is 0 Å². The van der Waals surface area contributed by atoms with Gasteiger partial charge in [-0.1, -0.05) is 11.6 Å². The molecule has 0 unspecified atom stereocenters. The molecule has 1 aromatic carbocycles. The number of amides is 1. The molecule has 0 atom stereocenters. The number of pyridine rings is 1. The Morgan fingerprint density at radius 2 is 2.13 bits per heavy atom. The zero-order valence-corrected chi connectivity index (χ0v) is 13.7.